The van der Waals surface area contributed by atoms with Gasteiger partial charge in [0.25, 0.3) is 0 Å². The fraction of sp³-hybridized carbons (Fsp3) is 0.600. The van der Waals surface area contributed by atoms with Crippen molar-refractivity contribution in [2.75, 3.05) is 26.8 Å². The van der Waals surface area contributed by atoms with E-state index in [4.69, 9.17) is 4.74 Å². The highest BCUT2D eigenvalue weighted by atomic mass is 32.2. The first-order valence-electron chi connectivity index (χ1n) is 7.19. The van der Waals surface area contributed by atoms with Gasteiger partial charge in [-0.3, -0.25) is 0 Å². The molecule has 6 heteroatoms. The summed E-state index contributed by atoms with van der Waals surface area (Å²) in [6.07, 6.45) is 0. The predicted molar refractivity (Wildman–Crippen MR) is 84.8 cm³/mol. The van der Waals surface area contributed by atoms with E-state index < -0.39 is 10.0 Å². The largest absolute Gasteiger partial charge is 0.380 e. The van der Waals surface area contributed by atoms with Crippen LogP contribution in [0.2, 0.25) is 0 Å². The van der Waals surface area contributed by atoms with Crippen LogP contribution >= 0.6 is 0 Å². The van der Waals surface area contributed by atoms with E-state index >= 15 is 0 Å². The first-order chi connectivity index (χ1) is 9.88. The third kappa shape index (κ3) is 5.74. The highest BCUT2D eigenvalue weighted by Crippen LogP contribution is 2.18. The zero-order valence-corrected chi connectivity index (χ0v) is 14.1. The van der Waals surface area contributed by atoms with Crippen molar-refractivity contribution in [2.45, 2.75) is 32.2 Å². The average Bonchev–Trinajstić information content (AvgIpc) is 2.40. The molecule has 21 heavy (non-hydrogen) atoms. The van der Waals surface area contributed by atoms with Crippen LogP contribution in [0.4, 0.5) is 0 Å². The molecule has 1 aromatic carbocycles. The molecule has 2 N–H and O–H groups in total. The van der Waals surface area contributed by atoms with Crippen molar-refractivity contribution >= 4 is 10.0 Å². The van der Waals surface area contributed by atoms with Crippen LogP contribution in [0.15, 0.2) is 23.1 Å². The van der Waals surface area contributed by atoms with E-state index in [-0.39, 0.29) is 6.54 Å². The molecule has 0 fully saturated rings. The second-order valence-corrected chi connectivity index (χ2v) is 7.17. The highest BCUT2D eigenvalue weighted by Gasteiger charge is 2.17. The van der Waals surface area contributed by atoms with E-state index in [1.807, 2.05) is 20.0 Å². The fourth-order valence-electron chi connectivity index (χ4n) is 1.98. The second-order valence-electron chi connectivity index (χ2n) is 5.44. The van der Waals surface area contributed by atoms with Gasteiger partial charge in [0.15, 0.2) is 0 Å². The minimum Gasteiger partial charge on any atom is -0.380 e. The molecule has 1 aromatic rings. The maximum Gasteiger partial charge on any atom is 0.240 e. The molecule has 0 aliphatic rings. The van der Waals surface area contributed by atoms with Gasteiger partial charge in [0, 0.05) is 19.7 Å². The molecule has 0 saturated heterocycles. The van der Waals surface area contributed by atoms with Crippen LogP contribution in [0.1, 0.15) is 25.0 Å². The van der Waals surface area contributed by atoms with E-state index in [1.165, 1.54) is 0 Å². The van der Waals surface area contributed by atoms with Crippen molar-refractivity contribution in [1.29, 1.82) is 0 Å². The van der Waals surface area contributed by atoms with E-state index in [1.54, 1.807) is 12.1 Å². The summed E-state index contributed by atoms with van der Waals surface area (Å²) in [6, 6.07) is 5.33. The lowest BCUT2D eigenvalue weighted by molar-refractivity contribution is 0.114. The molecule has 0 bridgehead atoms. The minimum absolute atomic E-state index is 0.282. The number of hydrogen-bond donors (Lipinski definition) is 2. The Hall–Kier alpha value is -0.950. The minimum atomic E-state index is -3.49. The molecule has 0 unspecified atom stereocenters. The molecule has 0 saturated carbocycles. The number of benzene rings is 1. The summed E-state index contributed by atoms with van der Waals surface area (Å²) in [5, 5.41) is 3.04. The predicted octanol–water partition coefficient (Wildman–Crippen LogP) is 1.67. The molecule has 0 aliphatic heterocycles. The smallest absolute Gasteiger partial charge is 0.240 e. The summed E-state index contributed by atoms with van der Waals surface area (Å²) in [7, 11) is -1.65. The molecule has 0 aromatic heterocycles. The van der Waals surface area contributed by atoms with Gasteiger partial charge in [-0.25, -0.2) is 13.1 Å². The second kappa shape index (κ2) is 8.48. The molecule has 5 nitrogen and oxygen atoms in total. The number of ether oxygens (including phenoxy) is 1. The number of rotatable bonds is 9. The monoisotopic (exact) mass is 314 g/mol. The molecule has 0 heterocycles. The van der Waals surface area contributed by atoms with E-state index in [0.29, 0.717) is 30.6 Å². The summed E-state index contributed by atoms with van der Waals surface area (Å²) < 4.78 is 32.6. The molecule has 0 amide bonds. The Morgan fingerprint density at radius 3 is 2.62 bits per heavy atom. The molecular formula is C15H26N2O3S. The van der Waals surface area contributed by atoms with Gasteiger partial charge in [-0.1, -0.05) is 26.0 Å². The first-order valence-corrected chi connectivity index (χ1v) is 8.67. The van der Waals surface area contributed by atoms with Crippen LogP contribution in [-0.4, -0.2) is 35.2 Å². The van der Waals surface area contributed by atoms with Crippen molar-refractivity contribution in [3.8, 4) is 0 Å². The van der Waals surface area contributed by atoms with Gasteiger partial charge in [-0.05, 0) is 37.1 Å². The summed E-state index contributed by atoms with van der Waals surface area (Å²) in [5.74, 6) is 0.446. The van der Waals surface area contributed by atoms with Crippen LogP contribution in [-0.2, 0) is 21.3 Å². The molecular weight excluding hydrogens is 288 g/mol. The molecule has 0 atom stereocenters. The van der Waals surface area contributed by atoms with E-state index in [9.17, 15) is 8.42 Å². The summed E-state index contributed by atoms with van der Waals surface area (Å²) in [6.45, 7) is 7.89. The normalized spacial score (nSPS) is 12.0. The maximum absolute atomic E-state index is 12.3. The van der Waals surface area contributed by atoms with Crippen LogP contribution in [0.25, 0.3) is 0 Å². The molecule has 0 spiro atoms. The van der Waals surface area contributed by atoms with Crippen LogP contribution in [0.5, 0.6) is 0 Å². The quantitative estimate of drug-likeness (QED) is 0.680. The maximum atomic E-state index is 12.3. The Labute approximate surface area is 128 Å². The summed E-state index contributed by atoms with van der Waals surface area (Å²) in [4.78, 5) is 0.333. The van der Waals surface area contributed by atoms with Crippen LogP contribution < -0.4 is 10.0 Å². The Morgan fingerprint density at radius 2 is 2.00 bits per heavy atom. The lowest BCUT2D eigenvalue weighted by Gasteiger charge is -2.13. The molecule has 0 radical (unpaired) electrons. The first kappa shape index (κ1) is 18.1. The van der Waals surface area contributed by atoms with E-state index in [0.717, 1.165) is 11.1 Å². The number of hydrogen-bond acceptors (Lipinski definition) is 4. The van der Waals surface area contributed by atoms with E-state index in [2.05, 4.69) is 23.9 Å². The Balaban J connectivity index is 2.68. The Kier molecular flexibility index (Phi) is 7.31. The van der Waals surface area contributed by atoms with Crippen molar-refractivity contribution in [3.63, 3.8) is 0 Å². The van der Waals surface area contributed by atoms with Gasteiger partial charge >= 0.3 is 0 Å². The Bertz CT molecular complexity index is 542. The highest BCUT2D eigenvalue weighted by molar-refractivity contribution is 7.89. The molecule has 1 rings (SSSR count). The van der Waals surface area contributed by atoms with Gasteiger partial charge < -0.3 is 10.1 Å². The molecule has 120 valence electrons. The number of sulfonamides is 1. The zero-order valence-electron chi connectivity index (χ0n) is 13.3. The lowest BCUT2D eigenvalue weighted by atomic mass is 10.1. The van der Waals surface area contributed by atoms with Crippen LogP contribution in [0, 0.1) is 12.8 Å². The average molecular weight is 314 g/mol. The Morgan fingerprint density at radius 1 is 1.29 bits per heavy atom. The van der Waals surface area contributed by atoms with Gasteiger partial charge in [-0.2, -0.15) is 0 Å². The lowest BCUT2D eigenvalue weighted by Crippen LogP contribution is -2.28. The van der Waals surface area contributed by atoms with Crippen molar-refractivity contribution in [2.24, 2.45) is 5.92 Å². The third-order valence-electron chi connectivity index (χ3n) is 3.04. The van der Waals surface area contributed by atoms with Crippen LogP contribution in [0.3, 0.4) is 0 Å². The fourth-order valence-corrected chi connectivity index (χ4v) is 3.28. The third-order valence-corrected chi connectivity index (χ3v) is 4.65. The van der Waals surface area contributed by atoms with Gasteiger partial charge in [-0.15, -0.1) is 0 Å². The van der Waals surface area contributed by atoms with Gasteiger partial charge in [0.1, 0.15) is 0 Å². The van der Waals surface area contributed by atoms with Gasteiger partial charge in [0.2, 0.25) is 10.0 Å². The zero-order chi connectivity index (χ0) is 15.9. The summed E-state index contributed by atoms with van der Waals surface area (Å²) in [5.41, 5.74) is 1.76. The standard InChI is InChI=1S/C15H26N2O3S/c1-12(2)11-20-9-8-17-21(18,19)15-7-5-6-14(10-16-4)13(15)3/h5-7,12,16-17H,8-11H2,1-4H3. The summed E-state index contributed by atoms with van der Waals surface area (Å²) >= 11 is 0. The van der Waals surface area contributed by atoms with Crippen molar-refractivity contribution < 1.29 is 13.2 Å². The molecule has 0 aliphatic carbocycles. The SMILES string of the molecule is CNCc1cccc(S(=O)(=O)NCCOCC(C)C)c1C. The van der Waals surface area contributed by atoms with Crippen molar-refractivity contribution in [1.82, 2.24) is 10.0 Å². The number of nitrogens with one attached hydrogen (secondary N) is 2. The topological polar surface area (TPSA) is 67.4 Å². The van der Waals surface area contributed by atoms with Crippen molar-refractivity contribution in [3.05, 3.63) is 29.3 Å². The van der Waals surface area contributed by atoms with Gasteiger partial charge in [0.05, 0.1) is 11.5 Å².